The van der Waals surface area contributed by atoms with Gasteiger partial charge in [0.1, 0.15) is 0 Å². The van der Waals surface area contributed by atoms with Gasteiger partial charge in [0, 0.05) is 0 Å². The summed E-state index contributed by atoms with van der Waals surface area (Å²) in [5, 5.41) is 25.4. The highest BCUT2D eigenvalue weighted by Crippen LogP contribution is 2.41. The van der Waals surface area contributed by atoms with Gasteiger partial charge in [0.15, 0.2) is 0 Å². The minimum Gasteiger partial charge on any atom is -0.478 e. The summed E-state index contributed by atoms with van der Waals surface area (Å²) in [7, 11) is 0. The Morgan fingerprint density at radius 1 is 0.533 bits per heavy atom. The number of fused-ring (bicyclic) bond motifs is 6. The molecule has 5 rings (SSSR count). The second-order valence-electron chi connectivity index (χ2n) is 7.19. The van der Waals surface area contributed by atoms with Crippen LogP contribution in [0, 0.1) is 0 Å². The van der Waals surface area contributed by atoms with Crippen molar-refractivity contribution in [2.24, 2.45) is 0 Å². The maximum Gasteiger partial charge on any atom is 0.336 e. The minimum atomic E-state index is -1.09. The fourth-order valence-electron chi connectivity index (χ4n) is 4.27. The van der Waals surface area contributed by atoms with E-state index in [1.807, 2.05) is 48.5 Å². The lowest BCUT2D eigenvalue weighted by Crippen LogP contribution is -2.04. The van der Waals surface area contributed by atoms with E-state index >= 15 is 0 Å². The summed E-state index contributed by atoms with van der Waals surface area (Å²) in [6, 6.07) is 26.0. The molecule has 0 aliphatic carbocycles. The van der Waals surface area contributed by atoms with Gasteiger partial charge in [0.2, 0.25) is 0 Å². The van der Waals surface area contributed by atoms with E-state index in [-0.39, 0.29) is 11.1 Å². The normalized spacial score (nSPS) is 11.2. The van der Waals surface area contributed by atoms with Crippen molar-refractivity contribution < 1.29 is 19.8 Å². The molecule has 4 heteroatoms. The van der Waals surface area contributed by atoms with Crippen molar-refractivity contribution in [2.45, 2.75) is 0 Å². The van der Waals surface area contributed by atoms with Crippen LogP contribution in [0.1, 0.15) is 20.7 Å². The Morgan fingerprint density at radius 3 is 1.63 bits per heavy atom. The van der Waals surface area contributed by atoms with Gasteiger partial charge in [-0.15, -0.1) is 0 Å². The Bertz CT molecular complexity index is 1450. The molecule has 0 spiro atoms. The van der Waals surface area contributed by atoms with Gasteiger partial charge in [-0.05, 0) is 61.6 Å². The molecule has 0 fully saturated rings. The Kier molecular flexibility index (Phi) is 4.00. The van der Waals surface area contributed by atoms with Gasteiger partial charge in [-0.1, -0.05) is 66.7 Å². The van der Waals surface area contributed by atoms with E-state index in [1.54, 1.807) is 0 Å². The van der Waals surface area contributed by atoms with Crippen LogP contribution in [0.5, 0.6) is 0 Å². The standard InChI is InChI=1S/C26H16O4/c27-25(28)15-12-13-22(26(29)30)23(14-15)21-11-5-10-20-18-7-2-1-6-16(18)17-8-3-4-9-19(17)24(20)21/h1-14H,(H,27,28)(H,29,30). The van der Waals surface area contributed by atoms with Crippen molar-refractivity contribution in [3.63, 3.8) is 0 Å². The first-order valence-electron chi connectivity index (χ1n) is 9.49. The van der Waals surface area contributed by atoms with Crippen molar-refractivity contribution in [1.29, 1.82) is 0 Å². The second kappa shape index (κ2) is 6.71. The SMILES string of the molecule is O=C(O)c1ccc(C(=O)O)c(-c2cccc3c4ccccc4c4ccccc4c23)c1. The molecule has 5 aromatic rings. The zero-order valence-electron chi connectivity index (χ0n) is 15.8. The second-order valence-corrected chi connectivity index (χ2v) is 7.19. The highest BCUT2D eigenvalue weighted by atomic mass is 16.4. The van der Waals surface area contributed by atoms with Crippen molar-refractivity contribution in [2.75, 3.05) is 0 Å². The topological polar surface area (TPSA) is 74.6 Å². The zero-order chi connectivity index (χ0) is 20.8. The van der Waals surface area contributed by atoms with E-state index in [0.29, 0.717) is 11.1 Å². The van der Waals surface area contributed by atoms with Crippen LogP contribution in [-0.2, 0) is 0 Å². The smallest absolute Gasteiger partial charge is 0.336 e. The molecule has 0 unspecified atom stereocenters. The molecule has 0 atom stereocenters. The summed E-state index contributed by atoms with van der Waals surface area (Å²) in [6.07, 6.45) is 0. The Balaban J connectivity index is 2.02. The van der Waals surface area contributed by atoms with Gasteiger partial charge in [-0.25, -0.2) is 9.59 Å². The van der Waals surface area contributed by atoms with Crippen molar-refractivity contribution >= 4 is 44.3 Å². The summed E-state index contributed by atoms with van der Waals surface area (Å²) < 4.78 is 0. The molecule has 0 amide bonds. The predicted molar refractivity (Wildman–Crippen MR) is 118 cm³/mol. The van der Waals surface area contributed by atoms with E-state index < -0.39 is 11.9 Å². The predicted octanol–water partition coefficient (Wildman–Crippen LogP) is 6.21. The largest absolute Gasteiger partial charge is 0.478 e. The fraction of sp³-hybridized carbons (Fsp3) is 0. The summed E-state index contributed by atoms with van der Waals surface area (Å²) in [5.41, 5.74) is 1.23. The third kappa shape index (κ3) is 2.62. The summed E-state index contributed by atoms with van der Waals surface area (Å²) in [5.74, 6) is -2.19. The van der Waals surface area contributed by atoms with Crippen molar-refractivity contribution in [3.05, 3.63) is 96.1 Å². The lowest BCUT2D eigenvalue weighted by Gasteiger charge is -2.16. The van der Waals surface area contributed by atoms with Crippen LogP contribution >= 0.6 is 0 Å². The third-order valence-corrected chi connectivity index (χ3v) is 5.56. The number of rotatable bonds is 3. The number of hydrogen-bond donors (Lipinski definition) is 2. The molecule has 2 N–H and O–H groups in total. The number of carboxylic acids is 2. The van der Waals surface area contributed by atoms with E-state index in [2.05, 4.69) is 18.2 Å². The number of hydrogen-bond acceptors (Lipinski definition) is 2. The molecule has 0 aromatic heterocycles. The van der Waals surface area contributed by atoms with Crippen LogP contribution < -0.4 is 0 Å². The molecule has 0 aliphatic rings. The lowest BCUT2D eigenvalue weighted by atomic mass is 9.87. The molecule has 144 valence electrons. The minimum absolute atomic E-state index is 0.0529. The van der Waals surface area contributed by atoms with Crippen molar-refractivity contribution in [1.82, 2.24) is 0 Å². The van der Waals surface area contributed by atoms with E-state index in [0.717, 1.165) is 32.3 Å². The first-order valence-corrected chi connectivity index (χ1v) is 9.49. The molecule has 5 aromatic carbocycles. The molecular weight excluding hydrogens is 376 g/mol. The van der Waals surface area contributed by atoms with Crippen LogP contribution in [0.4, 0.5) is 0 Å². The average Bonchev–Trinajstić information content (AvgIpc) is 2.78. The van der Waals surface area contributed by atoms with Crippen LogP contribution in [0.2, 0.25) is 0 Å². The van der Waals surface area contributed by atoms with Gasteiger partial charge in [0.25, 0.3) is 0 Å². The molecule has 0 bridgehead atoms. The van der Waals surface area contributed by atoms with Gasteiger partial charge in [-0.2, -0.15) is 0 Å². The van der Waals surface area contributed by atoms with Crippen LogP contribution in [-0.4, -0.2) is 22.2 Å². The maximum atomic E-state index is 11.9. The van der Waals surface area contributed by atoms with E-state index in [4.69, 9.17) is 0 Å². The van der Waals surface area contributed by atoms with Crippen LogP contribution in [0.25, 0.3) is 43.4 Å². The molecular formula is C26H16O4. The number of aromatic carboxylic acids is 2. The molecule has 0 saturated heterocycles. The summed E-state index contributed by atoms with van der Waals surface area (Å²) >= 11 is 0. The first kappa shape index (κ1) is 17.9. The number of carbonyl (C=O) groups is 2. The van der Waals surface area contributed by atoms with Crippen molar-refractivity contribution in [3.8, 4) is 11.1 Å². The van der Waals surface area contributed by atoms with Gasteiger partial charge in [0.05, 0.1) is 11.1 Å². The van der Waals surface area contributed by atoms with Crippen LogP contribution in [0.15, 0.2) is 84.9 Å². The monoisotopic (exact) mass is 392 g/mol. The summed E-state index contributed by atoms with van der Waals surface area (Å²) in [4.78, 5) is 23.5. The number of benzene rings is 5. The first-order chi connectivity index (χ1) is 14.6. The van der Waals surface area contributed by atoms with E-state index in [9.17, 15) is 19.8 Å². The third-order valence-electron chi connectivity index (χ3n) is 5.56. The van der Waals surface area contributed by atoms with Gasteiger partial charge in [-0.3, -0.25) is 0 Å². The van der Waals surface area contributed by atoms with Gasteiger partial charge < -0.3 is 10.2 Å². The highest BCUT2D eigenvalue weighted by molar-refractivity contribution is 6.28. The molecule has 0 heterocycles. The maximum absolute atomic E-state index is 11.9. The lowest BCUT2D eigenvalue weighted by molar-refractivity contribution is 0.0682. The summed E-state index contributed by atoms with van der Waals surface area (Å²) in [6.45, 7) is 0. The van der Waals surface area contributed by atoms with Crippen LogP contribution in [0.3, 0.4) is 0 Å². The molecule has 4 nitrogen and oxygen atoms in total. The highest BCUT2D eigenvalue weighted by Gasteiger charge is 2.19. The molecule has 0 radical (unpaired) electrons. The quantitative estimate of drug-likeness (QED) is 0.358. The zero-order valence-corrected chi connectivity index (χ0v) is 15.8. The Hall–Kier alpha value is -4.18. The molecule has 0 saturated carbocycles. The number of carboxylic acid groups (broad SMARTS) is 2. The molecule has 0 aliphatic heterocycles. The Morgan fingerprint density at radius 2 is 1.07 bits per heavy atom. The molecule has 30 heavy (non-hydrogen) atoms. The Labute approximate surface area is 171 Å². The fourth-order valence-corrected chi connectivity index (χ4v) is 4.27. The van der Waals surface area contributed by atoms with Gasteiger partial charge >= 0.3 is 11.9 Å². The van der Waals surface area contributed by atoms with E-state index in [1.165, 1.54) is 18.2 Å². The average molecular weight is 392 g/mol.